The van der Waals surface area contributed by atoms with Crippen LogP contribution >= 0.6 is 0 Å². The number of aromatic nitrogens is 1. The van der Waals surface area contributed by atoms with Gasteiger partial charge in [-0.25, -0.2) is 4.98 Å². The summed E-state index contributed by atoms with van der Waals surface area (Å²) in [6.45, 7) is 1.74. The van der Waals surface area contributed by atoms with Crippen molar-refractivity contribution in [3.05, 3.63) is 23.9 Å². The first-order valence-corrected chi connectivity index (χ1v) is 6.46. The molecule has 2 unspecified atom stereocenters. The first kappa shape index (κ1) is 18.6. The maximum Gasteiger partial charge on any atom is 0.416 e. The summed E-state index contributed by atoms with van der Waals surface area (Å²) in [6, 6.07) is 1.32. The lowest BCUT2D eigenvalue weighted by Crippen LogP contribution is -2.49. The third-order valence-electron chi connectivity index (χ3n) is 3.25. The zero-order valence-electron chi connectivity index (χ0n) is 12.8. The minimum Gasteiger partial charge on any atom is -0.361 e. The molecule has 1 heterocycles. The Kier molecular flexibility index (Phi) is 6.54. The van der Waals surface area contributed by atoms with Gasteiger partial charge < -0.3 is 19.9 Å². The number of likely N-dealkylation sites (N-methyl/N-ethyl adjacent to an activating group) is 1. The van der Waals surface area contributed by atoms with Crippen molar-refractivity contribution in [2.75, 3.05) is 26.6 Å². The SMILES string of the molecule is COC(OC)C(C)N(C)C(O)Nc1cc(C(F)(F)F)ccn1. The van der Waals surface area contributed by atoms with Gasteiger partial charge in [0.25, 0.3) is 0 Å². The zero-order valence-corrected chi connectivity index (χ0v) is 12.8. The summed E-state index contributed by atoms with van der Waals surface area (Å²) in [5.41, 5.74) is -0.848. The Labute approximate surface area is 126 Å². The van der Waals surface area contributed by atoms with E-state index < -0.39 is 24.4 Å². The summed E-state index contributed by atoms with van der Waals surface area (Å²) in [5, 5.41) is 12.6. The molecule has 22 heavy (non-hydrogen) atoms. The molecule has 0 fully saturated rings. The lowest BCUT2D eigenvalue weighted by Gasteiger charge is -2.33. The van der Waals surface area contributed by atoms with Crippen molar-refractivity contribution >= 4 is 5.82 Å². The van der Waals surface area contributed by atoms with Gasteiger partial charge in [-0.2, -0.15) is 13.2 Å². The van der Waals surface area contributed by atoms with Crippen molar-refractivity contribution in [1.29, 1.82) is 0 Å². The normalized spacial score (nSPS) is 15.2. The van der Waals surface area contributed by atoms with Gasteiger partial charge in [-0.3, -0.25) is 4.90 Å². The minimum atomic E-state index is -4.47. The fourth-order valence-electron chi connectivity index (χ4n) is 1.82. The fourth-order valence-corrected chi connectivity index (χ4v) is 1.82. The number of anilines is 1. The Morgan fingerprint density at radius 3 is 2.41 bits per heavy atom. The number of nitrogens with one attached hydrogen (secondary N) is 1. The van der Waals surface area contributed by atoms with Crippen molar-refractivity contribution in [3.63, 3.8) is 0 Å². The van der Waals surface area contributed by atoms with Crippen LogP contribution in [0.5, 0.6) is 0 Å². The quantitative estimate of drug-likeness (QED) is 0.745. The molecule has 0 aliphatic heterocycles. The van der Waals surface area contributed by atoms with E-state index in [2.05, 4.69) is 10.3 Å². The van der Waals surface area contributed by atoms with Crippen molar-refractivity contribution in [2.24, 2.45) is 0 Å². The largest absolute Gasteiger partial charge is 0.416 e. The number of alkyl halides is 3. The van der Waals surface area contributed by atoms with Gasteiger partial charge >= 0.3 is 6.18 Å². The Bertz CT molecular complexity index is 469. The summed E-state index contributed by atoms with van der Waals surface area (Å²) in [7, 11) is 4.47. The molecule has 0 saturated carbocycles. The van der Waals surface area contributed by atoms with Gasteiger partial charge in [0.05, 0.1) is 11.6 Å². The average molecular weight is 323 g/mol. The van der Waals surface area contributed by atoms with Crippen LogP contribution in [0.1, 0.15) is 12.5 Å². The van der Waals surface area contributed by atoms with E-state index in [4.69, 9.17) is 9.47 Å². The standard InChI is InChI=1S/C13H20F3N3O3/c1-8(11(21-3)22-4)19(2)12(20)18-10-7-9(5-6-17-10)13(14,15)16/h5-8,11-12,20H,1-4H3,(H,17,18). The second kappa shape index (κ2) is 7.73. The first-order chi connectivity index (χ1) is 10.2. The van der Waals surface area contributed by atoms with Gasteiger partial charge in [0.15, 0.2) is 12.6 Å². The van der Waals surface area contributed by atoms with E-state index in [1.54, 1.807) is 14.0 Å². The number of aliphatic hydroxyl groups is 1. The molecule has 1 aromatic rings. The molecular weight excluding hydrogens is 303 g/mol. The Hall–Kier alpha value is -1.42. The summed E-state index contributed by atoms with van der Waals surface area (Å²) in [6.07, 6.45) is -5.32. The molecule has 0 aromatic carbocycles. The highest BCUT2D eigenvalue weighted by molar-refractivity contribution is 5.38. The fraction of sp³-hybridized carbons (Fsp3) is 0.615. The molecule has 0 bridgehead atoms. The molecule has 1 aromatic heterocycles. The molecule has 2 N–H and O–H groups in total. The van der Waals surface area contributed by atoms with Crippen LogP contribution in [-0.2, 0) is 15.7 Å². The first-order valence-electron chi connectivity index (χ1n) is 6.46. The van der Waals surface area contributed by atoms with Crippen molar-refractivity contribution in [1.82, 2.24) is 9.88 Å². The molecule has 9 heteroatoms. The molecule has 2 atom stereocenters. The van der Waals surface area contributed by atoms with E-state index >= 15 is 0 Å². The number of hydrogen-bond donors (Lipinski definition) is 2. The number of ether oxygens (including phenoxy) is 2. The van der Waals surface area contributed by atoms with E-state index in [1.165, 1.54) is 19.1 Å². The number of methoxy groups -OCH3 is 2. The highest BCUT2D eigenvalue weighted by Crippen LogP contribution is 2.30. The zero-order chi connectivity index (χ0) is 16.9. The van der Waals surface area contributed by atoms with Crippen molar-refractivity contribution in [3.8, 4) is 0 Å². The number of nitrogens with zero attached hydrogens (tertiary/aromatic N) is 2. The van der Waals surface area contributed by atoms with Crippen LogP contribution in [0, 0.1) is 0 Å². The summed E-state index contributed by atoms with van der Waals surface area (Å²) in [5.74, 6) is -0.0900. The molecule has 0 amide bonds. The Balaban J connectivity index is 2.78. The number of rotatable bonds is 7. The van der Waals surface area contributed by atoms with Gasteiger partial charge in [-0.05, 0) is 26.1 Å². The van der Waals surface area contributed by atoms with Crippen LogP contribution in [0.15, 0.2) is 18.3 Å². The molecule has 0 aliphatic rings. The number of pyridine rings is 1. The molecular formula is C13H20F3N3O3. The molecule has 6 nitrogen and oxygen atoms in total. The van der Waals surface area contributed by atoms with E-state index in [-0.39, 0.29) is 11.9 Å². The molecule has 0 radical (unpaired) electrons. The summed E-state index contributed by atoms with van der Waals surface area (Å²) in [4.78, 5) is 5.20. The van der Waals surface area contributed by atoms with E-state index in [9.17, 15) is 18.3 Å². The molecule has 1 rings (SSSR count). The van der Waals surface area contributed by atoms with Crippen molar-refractivity contribution in [2.45, 2.75) is 31.8 Å². The van der Waals surface area contributed by atoms with Gasteiger partial charge in [-0.1, -0.05) is 0 Å². The highest BCUT2D eigenvalue weighted by Gasteiger charge is 2.31. The summed E-state index contributed by atoms with van der Waals surface area (Å²) >= 11 is 0. The van der Waals surface area contributed by atoms with Crippen LogP contribution < -0.4 is 5.32 Å². The number of halogens is 3. The number of hydrogen-bond acceptors (Lipinski definition) is 6. The maximum absolute atomic E-state index is 12.6. The monoisotopic (exact) mass is 323 g/mol. The summed E-state index contributed by atoms with van der Waals surface area (Å²) < 4.78 is 48.0. The maximum atomic E-state index is 12.6. The minimum absolute atomic E-state index is 0.0900. The van der Waals surface area contributed by atoms with Gasteiger partial charge in [0, 0.05) is 20.4 Å². The van der Waals surface area contributed by atoms with E-state index in [1.807, 2.05) is 0 Å². The van der Waals surface area contributed by atoms with Crippen molar-refractivity contribution < 1.29 is 27.8 Å². The Morgan fingerprint density at radius 2 is 1.91 bits per heavy atom. The number of aliphatic hydroxyl groups excluding tert-OH is 1. The topological polar surface area (TPSA) is 66.9 Å². The van der Waals surface area contributed by atoms with Crippen LogP contribution in [0.3, 0.4) is 0 Å². The second-order valence-electron chi connectivity index (χ2n) is 4.69. The highest BCUT2D eigenvalue weighted by atomic mass is 19.4. The van der Waals surface area contributed by atoms with E-state index in [0.717, 1.165) is 18.3 Å². The van der Waals surface area contributed by atoms with Crippen LogP contribution in [0.2, 0.25) is 0 Å². The lowest BCUT2D eigenvalue weighted by atomic mass is 10.2. The van der Waals surface area contributed by atoms with Crippen LogP contribution in [0.4, 0.5) is 19.0 Å². The molecule has 126 valence electrons. The molecule has 0 aliphatic carbocycles. The third kappa shape index (κ3) is 4.80. The van der Waals surface area contributed by atoms with Gasteiger partial charge in [0.1, 0.15) is 5.82 Å². The lowest BCUT2D eigenvalue weighted by molar-refractivity contribution is -0.156. The molecule has 0 spiro atoms. The second-order valence-corrected chi connectivity index (χ2v) is 4.69. The van der Waals surface area contributed by atoms with Crippen LogP contribution in [0.25, 0.3) is 0 Å². The predicted octanol–water partition coefficient (Wildman–Crippen LogP) is 1.73. The van der Waals surface area contributed by atoms with Gasteiger partial charge in [0.2, 0.25) is 0 Å². The smallest absolute Gasteiger partial charge is 0.361 e. The average Bonchev–Trinajstić information content (AvgIpc) is 2.47. The van der Waals surface area contributed by atoms with E-state index in [0.29, 0.717) is 0 Å². The third-order valence-corrected chi connectivity index (χ3v) is 3.25. The predicted molar refractivity (Wildman–Crippen MR) is 73.9 cm³/mol. The Morgan fingerprint density at radius 1 is 1.32 bits per heavy atom. The molecule has 0 saturated heterocycles. The van der Waals surface area contributed by atoms with Gasteiger partial charge in [-0.15, -0.1) is 0 Å². The van der Waals surface area contributed by atoms with Crippen LogP contribution in [-0.4, -0.2) is 54.9 Å².